The molecule has 3 heterocycles. The summed E-state index contributed by atoms with van der Waals surface area (Å²) in [5.41, 5.74) is 0.381. The Labute approximate surface area is 188 Å². The van der Waals surface area contributed by atoms with Crippen LogP contribution in [0.4, 0.5) is 15.8 Å². The predicted octanol–water partition coefficient (Wildman–Crippen LogP) is 3.50. The standard InChI is InChI=1S/C24H19FN4O4/c1-28-13-18(14-4-7-17(8-5-14)29(32)33)21(22(30)15-3-2-10-26-12-15)24(28)19-11-16(25)6-9-20(19)27-23(24)31/h2-12,18,21H,13H2,1H3,(H,27,31)/t18-,21-,24+/m1/s1. The van der Waals surface area contributed by atoms with E-state index in [4.69, 9.17) is 0 Å². The first-order valence-corrected chi connectivity index (χ1v) is 10.4. The number of likely N-dealkylation sites (N-methyl/N-ethyl adjacent to an activating group) is 1. The van der Waals surface area contributed by atoms with Gasteiger partial charge in [-0.15, -0.1) is 0 Å². The van der Waals surface area contributed by atoms with Crippen LogP contribution in [0.2, 0.25) is 0 Å². The smallest absolute Gasteiger partial charge is 0.269 e. The van der Waals surface area contributed by atoms with E-state index in [0.717, 1.165) is 0 Å². The minimum atomic E-state index is -1.43. The fraction of sp³-hybridized carbons (Fsp3) is 0.208. The van der Waals surface area contributed by atoms with E-state index in [1.54, 1.807) is 42.4 Å². The Balaban J connectivity index is 1.71. The molecule has 5 rings (SSSR count). The molecule has 0 bridgehead atoms. The number of aromatic nitrogens is 1. The zero-order valence-corrected chi connectivity index (χ0v) is 17.6. The monoisotopic (exact) mass is 446 g/mol. The van der Waals surface area contributed by atoms with Crippen molar-refractivity contribution >= 4 is 23.1 Å². The van der Waals surface area contributed by atoms with Gasteiger partial charge < -0.3 is 5.32 Å². The highest BCUT2D eigenvalue weighted by Crippen LogP contribution is 2.55. The Morgan fingerprint density at radius 2 is 2.00 bits per heavy atom. The number of anilines is 1. The van der Waals surface area contributed by atoms with Gasteiger partial charge in [0, 0.05) is 53.8 Å². The number of carbonyl (C=O) groups is 2. The van der Waals surface area contributed by atoms with E-state index in [0.29, 0.717) is 28.9 Å². The zero-order valence-electron chi connectivity index (χ0n) is 17.6. The maximum atomic E-state index is 14.3. The lowest BCUT2D eigenvalue weighted by Gasteiger charge is -2.35. The molecule has 3 aromatic rings. The van der Waals surface area contributed by atoms with Crippen molar-refractivity contribution in [3.05, 3.63) is 99.6 Å². The lowest BCUT2D eigenvalue weighted by atomic mass is 9.70. The molecular formula is C24H19FN4O4. The quantitative estimate of drug-likeness (QED) is 0.374. The summed E-state index contributed by atoms with van der Waals surface area (Å²) >= 11 is 0. The molecule has 33 heavy (non-hydrogen) atoms. The van der Waals surface area contributed by atoms with Crippen LogP contribution >= 0.6 is 0 Å². The highest BCUT2D eigenvalue weighted by molar-refractivity contribution is 6.12. The van der Waals surface area contributed by atoms with Crippen molar-refractivity contribution in [2.45, 2.75) is 11.5 Å². The number of benzene rings is 2. The van der Waals surface area contributed by atoms with Crippen molar-refractivity contribution < 1.29 is 18.9 Å². The number of Topliss-reactive ketones (excluding diaryl/α,β-unsaturated/α-hetero) is 1. The van der Waals surface area contributed by atoms with Crippen LogP contribution in [0.25, 0.3) is 0 Å². The highest BCUT2D eigenvalue weighted by Gasteiger charge is 2.64. The fourth-order valence-corrected chi connectivity index (χ4v) is 5.24. The van der Waals surface area contributed by atoms with Crippen LogP contribution in [0.15, 0.2) is 67.0 Å². The number of hydrogen-bond donors (Lipinski definition) is 1. The summed E-state index contributed by atoms with van der Waals surface area (Å²) in [6.45, 7) is 0.317. The molecule has 0 unspecified atom stereocenters. The van der Waals surface area contributed by atoms with Gasteiger partial charge in [-0.05, 0) is 42.9 Å². The Kier molecular flexibility index (Phi) is 4.79. The molecule has 1 saturated heterocycles. The Bertz CT molecular complexity index is 1280. The molecule has 166 valence electrons. The van der Waals surface area contributed by atoms with Crippen molar-refractivity contribution in [2.75, 3.05) is 18.9 Å². The highest BCUT2D eigenvalue weighted by atomic mass is 19.1. The van der Waals surface area contributed by atoms with Crippen LogP contribution in [0.3, 0.4) is 0 Å². The number of amides is 1. The van der Waals surface area contributed by atoms with Crippen LogP contribution in [-0.4, -0.2) is 40.1 Å². The Hall–Kier alpha value is -3.98. The van der Waals surface area contributed by atoms with Gasteiger partial charge in [0.1, 0.15) is 11.4 Å². The lowest BCUT2D eigenvalue weighted by molar-refractivity contribution is -0.384. The van der Waals surface area contributed by atoms with Gasteiger partial charge in [-0.1, -0.05) is 12.1 Å². The van der Waals surface area contributed by atoms with Crippen molar-refractivity contribution in [3.8, 4) is 0 Å². The summed E-state index contributed by atoms with van der Waals surface area (Å²) in [5.74, 6) is -2.59. The van der Waals surface area contributed by atoms with Gasteiger partial charge in [-0.3, -0.25) is 29.6 Å². The number of nitrogens with zero attached hydrogens (tertiary/aromatic N) is 3. The molecule has 0 aliphatic carbocycles. The molecule has 1 fully saturated rings. The molecule has 1 N–H and O–H groups in total. The number of carbonyl (C=O) groups excluding carboxylic acids is 2. The first-order chi connectivity index (χ1) is 15.8. The molecule has 1 amide bonds. The van der Waals surface area contributed by atoms with Crippen molar-refractivity contribution in [3.63, 3.8) is 0 Å². The minimum Gasteiger partial charge on any atom is -0.324 e. The first kappa shape index (κ1) is 20.9. The molecule has 0 saturated carbocycles. The van der Waals surface area contributed by atoms with Gasteiger partial charge in [0.2, 0.25) is 5.91 Å². The third-order valence-electron chi connectivity index (χ3n) is 6.67. The fourth-order valence-electron chi connectivity index (χ4n) is 5.24. The summed E-state index contributed by atoms with van der Waals surface area (Å²) in [6, 6.07) is 13.3. The van der Waals surface area contributed by atoms with E-state index >= 15 is 0 Å². The second-order valence-corrected chi connectivity index (χ2v) is 8.33. The van der Waals surface area contributed by atoms with Crippen molar-refractivity contribution in [2.24, 2.45) is 5.92 Å². The Morgan fingerprint density at radius 3 is 2.67 bits per heavy atom. The van der Waals surface area contributed by atoms with Crippen LogP contribution < -0.4 is 5.32 Å². The second kappa shape index (κ2) is 7.56. The molecule has 3 atom stereocenters. The molecule has 1 spiro atoms. The van der Waals surface area contributed by atoms with Crippen LogP contribution in [0.1, 0.15) is 27.4 Å². The Morgan fingerprint density at radius 1 is 1.24 bits per heavy atom. The molecule has 2 aromatic carbocycles. The van der Waals surface area contributed by atoms with E-state index in [2.05, 4.69) is 10.3 Å². The minimum absolute atomic E-state index is 0.0685. The van der Waals surface area contributed by atoms with Crippen LogP contribution in [0, 0.1) is 21.8 Å². The van der Waals surface area contributed by atoms with Gasteiger partial charge in [0.15, 0.2) is 5.78 Å². The predicted molar refractivity (Wildman–Crippen MR) is 117 cm³/mol. The zero-order chi connectivity index (χ0) is 23.3. The molecule has 2 aliphatic heterocycles. The molecule has 0 radical (unpaired) electrons. The van der Waals surface area contributed by atoms with Gasteiger partial charge in [0.25, 0.3) is 5.69 Å². The molecule has 8 nitrogen and oxygen atoms in total. The van der Waals surface area contributed by atoms with Crippen molar-refractivity contribution in [1.82, 2.24) is 9.88 Å². The van der Waals surface area contributed by atoms with Crippen LogP contribution in [0.5, 0.6) is 0 Å². The summed E-state index contributed by atoms with van der Waals surface area (Å²) in [4.78, 5) is 43.9. The van der Waals surface area contributed by atoms with Gasteiger partial charge in [-0.25, -0.2) is 4.39 Å². The summed E-state index contributed by atoms with van der Waals surface area (Å²) < 4.78 is 14.3. The van der Waals surface area contributed by atoms with E-state index in [-0.39, 0.29) is 11.5 Å². The third-order valence-corrected chi connectivity index (χ3v) is 6.67. The van der Waals surface area contributed by atoms with E-state index in [9.17, 15) is 24.1 Å². The second-order valence-electron chi connectivity index (χ2n) is 8.33. The van der Waals surface area contributed by atoms with Gasteiger partial charge >= 0.3 is 0 Å². The number of ketones is 1. The topological polar surface area (TPSA) is 105 Å². The van der Waals surface area contributed by atoms with Crippen molar-refractivity contribution in [1.29, 1.82) is 0 Å². The number of halogens is 1. The lowest BCUT2D eigenvalue weighted by Crippen LogP contribution is -2.51. The van der Waals surface area contributed by atoms with Gasteiger partial charge in [0.05, 0.1) is 10.8 Å². The van der Waals surface area contributed by atoms with E-state index in [1.165, 1.54) is 36.5 Å². The summed E-state index contributed by atoms with van der Waals surface area (Å²) in [7, 11) is 1.73. The SMILES string of the molecule is CN1C[C@H](c2ccc([N+](=O)[O-])cc2)[C@H](C(=O)c2cccnc2)[C@@]12C(=O)Nc1ccc(F)cc12. The first-order valence-electron chi connectivity index (χ1n) is 10.4. The summed E-state index contributed by atoms with van der Waals surface area (Å²) in [5, 5.41) is 13.9. The number of nitro benzene ring substituents is 1. The molecule has 2 aliphatic rings. The maximum Gasteiger partial charge on any atom is 0.269 e. The average molecular weight is 446 g/mol. The number of pyridine rings is 1. The third kappa shape index (κ3) is 3.04. The van der Waals surface area contributed by atoms with Gasteiger partial charge in [-0.2, -0.15) is 0 Å². The van der Waals surface area contributed by atoms with E-state index < -0.39 is 34.0 Å². The molecular weight excluding hydrogens is 427 g/mol. The van der Waals surface area contributed by atoms with E-state index in [1.807, 2.05) is 0 Å². The number of nitrogens with one attached hydrogen (secondary N) is 1. The largest absolute Gasteiger partial charge is 0.324 e. The number of non-ortho nitro benzene ring substituents is 1. The number of hydrogen-bond acceptors (Lipinski definition) is 6. The number of likely N-dealkylation sites (tertiary alicyclic amines) is 1. The average Bonchev–Trinajstić information content (AvgIpc) is 3.29. The normalized spacial score (nSPS) is 24.0. The van der Waals surface area contributed by atoms with Crippen LogP contribution in [-0.2, 0) is 10.3 Å². The molecule has 9 heteroatoms. The summed E-state index contributed by atoms with van der Waals surface area (Å²) in [6.07, 6.45) is 2.99. The number of nitro groups is 1. The maximum absolute atomic E-state index is 14.3. The number of rotatable bonds is 4. The number of fused-ring (bicyclic) bond motifs is 2. The molecule has 1 aromatic heterocycles.